The maximum absolute atomic E-state index is 12.7. The summed E-state index contributed by atoms with van der Waals surface area (Å²) in [4.78, 5) is 25.8. The number of anilines is 1. The lowest BCUT2D eigenvalue weighted by Gasteiger charge is -2.39. The normalized spacial score (nSPS) is 18.4. The minimum Gasteiger partial charge on any atom is -0.336 e. The van der Waals surface area contributed by atoms with Crippen LogP contribution in [0, 0.1) is 5.41 Å². The van der Waals surface area contributed by atoms with Crippen molar-refractivity contribution in [1.29, 1.82) is 0 Å². The zero-order valence-corrected chi connectivity index (χ0v) is 11.8. The van der Waals surface area contributed by atoms with Crippen molar-refractivity contribution in [3.05, 3.63) is 29.3 Å². The maximum atomic E-state index is 12.7. The van der Waals surface area contributed by atoms with Gasteiger partial charge in [0, 0.05) is 11.6 Å². The second-order valence-corrected chi connectivity index (χ2v) is 5.20. The first kappa shape index (κ1) is 13.9. The zero-order valence-electron chi connectivity index (χ0n) is 11.1. The molecular formula is C14H17ClN2O2. The quantitative estimate of drug-likeness (QED) is 0.924. The molecule has 1 aromatic rings. The van der Waals surface area contributed by atoms with Gasteiger partial charge in [-0.25, -0.2) is 9.69 Å². The van der Waals surface area contributed by atoms with Gasteiger partial charge in [-0.1, -0.05) is 31.5 Å². The van der Waals surface area contributed by atoms with Gasteiger partial charge in [-0.2, -0.15) is 0 Å². The number of nitrogens with zero attached hydrogens (tertiary/aromatic N) is 1. The average molecular weight is 281 g/mol. The van der Waals surface area contributed by atoms with Crippen molar-refractivity contribution in [3.63, 3.8) is 0 Å². The van der Waals surface area contributed by atoms with Gasteiger partial charge >= 0.3 is 6.03 Å². The standard InChI is InChI=1S/C14H17ClN2O2/c1-3-14(4-2)9-16-13(19)17(12(14)18)11-7-5-6-10(15)8-11/h5-8H,3-4,9H2,1-2H3,(H,16,19). The summed E-state index contributed by atoms with van der Waals surface area (Å²) in [6.45, 7) is 4.33. The fraction of sp³-hybridized carbons (Fsp3) is 0.429. The molecule has 0 aliphatic carbocycles. The number of imide groups is 1. The minimum absolute atomic E-state index is 0.150. The summed E-state index contributed by atoms with van der Waals surface area (Å²) in [5, 5.41) is 3.30. The van der Waals surface area contributed by atoms with Gasteiger partial charge in [0.25, 0.3) is 0 Å². The summed E-state index contributed by atoms with van der Waals surface area (Å²) >= 11 is 5.93. The molecule has 1 fully saturated rings. The monoisotopic (exact) mass is 280 g/mol. The Labute approximate surface area is 117 Å². The highest BCUT2D eigenvalue weighted by Crippen LogP contribution is 2.34. The summed E-state index contributed by atoms with van der Waals surface area (Å²) < 4.78 is 0. The molecule has 3 amide bonds. The third-order valence-electron chi connectivity index (χ3n) is 3.86. The average Bonchev–Trinajstić information content (AvgIpc) is 2.40. The Hall–Kier alpha value is -1.55. The van der Waals surface area contributed by atoms with Crippen LogP contribution < -0.4 is 10.2 Å². The lowest BCUT2D eigenvalue weighted by atomic mass is 9.79. The fourth-order valence-electron chi connectivity index (χ4n) is 2.38. The largest absolute Gasteiger partial charge is 0.336 e. The van der Waals surface area contributed by atoms with Crippen LogP contribution in [0.15, 0.2) is 24.3 Å². The highest BCUT2D eigenvalue weighted by atomic mass is 35.5. The lowest BCUT2D eigenvalue weighted by Crippen LogP contribution is -2.60. The van der Waals surface area contributed by atoms with Crippen LogP contribution >= 0.6 is 11.6 Å². The highest BCUT2D eigenvalue weighted by Gasteiger charge is 2.45. The van der Waals surface area contributed by atoms with Gasteiger partial charge < -0.3 is 5.32 Å². The number of carbonyl (C=O) groups excluding carboxylic acids is 2. The number of urea groups is 1. The summed E-state index contributed by atoms with van der Waals surface area (Å²) in [7, 11) is 0. The van der Waals surface area contributed by atoms with Crippen molar-refractivity contribution in [2.24, 2.45) is 5.41 Å². The first-order valence-electron chi connectivity index (χ1n) is 6.42. The molecule has 0 spiro atoms. The molecule has 0 bridgehead atoms. The SMILES string of the molecule is CCC1(CC)CNC(=O)N(c2cccc(Cl)c2)C1=O. The van der Waals surface area contributed by atoms with Crippen LogP contribution in [0.25, 0.3) is 0 Å². The number of amides is 3. The van der Waals surface area contributed by atoms with Crippen molar-refractivity contribution >= 4 is 29.2 Å². The molecule has 1 saturated heterocycles. The molecule has 102 valence electrons. The second-order valence-electron chi connectivity index (χ2n) is 4.77. The Morgan fingerprint density at radius 2 is 2.00 bits per heavy atom. The van der Waals surface area contributed by atoms with Crippen LogP contribution in [-0.4, -0.2) is 18.5 Å². The fourth-order valence-corrected chi connectivity index (χ4v) is 2.57. The van der Waals surface area contributed by atoms with Gasteiger partial charge in [-0.05, 0) is 31.0 Å². The van der Waals surface area contributed by atoms with Gasteiger partial charge in [-0.15, -0.1) is 0 Å². The van der Waals surface area contributed by atoms with Gasteiger partial charge in [0.15, 0.2) is 0 Å². The first-order valence-corrected chi connectivity index (χ1v) is 6.80. The van der Waals surface area contributed by atoms with E-state index >= 15 is 0 Å². The molecule has 0 aromatic heterocycles. The number of hydrogen-bond acceptors (Lipinski definition) is 2. The predicted octanol–water partition coefficient (Wildman–Crippen LogP) is 3.20. The Morgan fingerprint density at radius 1 is 1.32 bits per heavy atom. The van der Waals surface area contributed by atoms with Crippen LogP contribution in [0.4, 0.5) is 10.5 Å². The summed E-state index contributed by atoms with van der Waals surface area (Å²) in [5.41, 5.74) is -0.00284. The molecule has 1 aromatic carbocycles. The maximum Gasteiger partial charge on any atom is 0.328 e. The second kappa shape index (κ2) is 5.21. The smallest absolute Gasteiger partial charge is 0.328 e. The Morgan fingerprint density at radius 3 is 2.58 bits per heavy atom. The molecule has 0 radical (unpaired) electrons. The van der Waals surface area contributed by atoms with E-state index in [1.54, 1.807) is 24.3 Å². The van der Waals surface area contributed by atoms with Gasteiger partial charge in [0.2, 0.25) is 5.91 Å². The highest BCUT2D eigenvalue weighted by molar-refractivity contribution is 6.31. The van der Waals surface area contributed by atoms with Crippen LogP contribution in [-0.2, 0) is 4.79 Å². The Kier molecular flexibility index (Phi) is 3.80. The lowest BCUT2D eigenvalue weighted by molar-refractivity contribution is -0.128. The third-order valence-corrected chi connectivity index (χ3v) is 4.09. The predicted molar refractivity (Wildman–Crippen MR) is 75.4 cm³/mol. The topological polar surface area (TPSA) is 49.4 Å². The molecule has 1 aliphatic heterocycles. The van der Waals surface area contributed by atoms with E-state index in [9.17, 15) is 9.59 Å². The van der Waals surface area contributed by atoms with Crippen molar-refractivity contribution in [2.75, 3.05) is 11.4 Å². The zero-order chi connectivity index (χ0) is 14.0. The summed E-state index contributed by atoms with van der Waals surface area (Å²) in [5.74, 6) is -0.150. The van der Waals surface area contributed by atoms with Crippen molar-refractivity contribution in [1.82, 2.24) is 5.32 Å². The Balaban J connectivity index is 2.42. The van der Waals surface area contributed by atoms with E-state index < -0.39 is 5.41 Å². The molecule has 0 atom stereocenters. The molecule has 0 saturated carbocycles. The molecule has 0 unspecified atom stereocenters. The molecule has 19 heavy (non-hydrogen) atoms. The number of benzene rings is 1. The minimum atomic E-state index is -0.518. The summed E-state index contributed by atoms with van der Waals surface area (Å²) in [6, 6.07) is 6.40. The molecule has 2 rings (SSSR count). The number of halogens is 1. The first-order chi connectivity index (χ1) is 9.04. The Bertz CT molecular complexity index is 512. The number of rotatable bonds is 3. The molecule has 4 nitrogen and oxygen atoms in total. The number of hydrogen-bond donors (Lipinski definition) is 1. The molecule has 1 N–H and O–H groups in total. The van der Waals surface area contributed by atoms with Crippen molar-refractivity contribution < 1.29 is 9.59 Å². The van der Waals surface area contributed by atoms with E-state index in [1.807, 2.05) is 13.8 Å². The van der Waals surface area contributed by atoms with Gasteiger partial charge in [-0.3, -0.25) is 4.79 Å². The van der Waals surface area contributed by atoms with Crippen LogP contribution in [0.1, 0.15) is 26.7 Å². The molecule has 5 heteroatoms. The van der Waals surface area contributed by atoms with Crippen molar-refractivity contribution in [2.45, 2.75) is 26.7 Å². The van der Waals surface area contributed by atoms with Crippen LogP contribution in [0.5, 0.6) is 0 Å². The van der Waals surface area contributed by atoms with Gasteiger partial charge in [0.05, 0.1) is 11.1 Å². The van der Waals surface area contributed by atoms with E-state index in [1.165, 1.54) is 4.90 Å². The number of carbonyl (C=O) groups is 2. The molecular weight excluding hydrogens is 264 g/mol. The molecule has 1 heterocycles. The van der Waals surface area contributed by atoms with E-state index in [-0.39, 0.29) is 11.9 Å². The van der Waals surface area contributed by atoms with E-state index in [0.29, 0.717) is 30.1 Å². The van der Waals surface area contributed by atoms with E-state index in [4.69, 9.17) is 11.6 Å². The number of nitrogens with one attached hydrogen (secondary N) is 1. The van der Waals surface area contributed by atoms with Gasteiger partial charge in [0.1, 0.15) is 0 Å². The molecule has 1 aliphatic rings. The van der Waals surface area contributed by atoms with Crippen LogP contribution in [0.3, 0.4) is 0 Å². The van der Waals surface area contributed by atoms with Crippen LogP contribution in [0.2, 0.25) is 5.02 Å². The van der Waals surface area contributed by atoms with E-state index in [0.717, 1.165) is 0 Å². The van der Waals surface area contributed by atoms with E-state index in [2.05, 4.69) is 5.32 Å². The van der Waals surface area contributed by atoms with Crippen molar-refractivity contribution in [3.8, 4) is 0 Å². The third kappa shape index (κ3) is 2.32. The summed E-state index contributed by atoms with van der Waals surface area (Å²) in [6.07, 6.45) is 1.39.